The van der Waals surface area contributed by atoms with Gasteiger partial charge >= 0.3 is 0 Å². The van der Waals surface area contributed by atoms with E-state index < -0.39 is 18.0 Å². The first-order chi connectivity index (χ1) is 7.04. The fourth-order valence-corrected chi connectivity index (χ4v) is 1.23. The van der Waals surface area contributed by atoms with Gasteiger partial charge in [-0.1, -0.05) is 0 Å². The van der Waals surface area contributed by atoms with E-state index >= 15 is 0 Å². The van der Waals surface area contributed by atoms with Crippen LogP contribution in [0.1, 0.15) is 18.1 Å². The van der Waals surface area contributed by atoms with Crippen LogP contribution in [0.5, 0.6) is 0 Å². The molecule has 4 N–H and O–H groups in total. The van der Waals surface area contributed by atoms with Gasteiger partial charge in [0.2, 0.25) is 0 Å². The van der Waals surface area contributed by atoms with Crippen LogP contribution in [-0.4, -0.2) is 16.3 Å². The molecule has 0 aliphatic rings. The van der Waals surface area contributed by atoms with Crippen molar-refractivity contribution >= 4 is 5.69 Å². The summed E-state index contributed by atoms with van der Waals surface area (Å²) in [4.78, 5) is 0. The number of hydrogen-bond acceptors (Lipinski definition) is 4. The third-order valence-electron chi connectivity index (χ3n) is 1.95. The van der Waals surface area contributed by atoms with E-state index in [-0.39, 0.29) is 17.7 Å². The number of hydrogen-bond donors (Lipinski definition) is 3. The molecule has 0 spiro atoms. The second-order valence-electron chi connectivity index (χ2n) is 3.19. The largest absolute Gasteiger partial charge is 0.399 e. The first kappa shape index (κ1) is 11.4. The number of anilines is 1. The van der Waals surface area contributed by atoms with E-state index in [2.05, 4.69) is 0 Å². The van der Waals surface area contributed by atoms with E-state index in [1.54, 1.807) is 6.07 Å². The van der Waals surface area contributed by atoms with Crippen LogP contribution < -0.4 is 5.73 Å². The number of halogens is 1. The number of nitrogen functional groups attached to an aromatic ring is 1. The summed E-state index contributed by atoms with van der Waals surface area (Å²) >= 11 is 0. The van der Waals surface area contributed by atoms with E-state index in [0.717, 1.165) is 12.1 Å². The van der Waals surface area contributed by atoms with E-state index in [4.69, 9.17) is 11.0 Å². The Morgan fingerprint density at radius 3 is 2.60 bits per heavy atom. The zero-order chi connectivity index (χ0) is 11.4. The Balaban J connectivity index is 2.91. The molecule has 0 fully saturated rings. The van der Waals surface area contributed by atoms with Gasteiger partial charge < -0.3 is 15.9 Å². The van der Waals surface area contributed by atoms with Crippen molar-refractivity contribution in [2.45, 2.75) is 18.6 Å². The van der Waals surface area contributed by atoms with Crippen molar-refractivity contribution in [3.63, 3.8) is 0 Å². The maximum absolute atomic E-state index is 12.9. The van der Waals surface area contributed by atoms with Gasteiger partial charge in [0.15, 0.2) is 0 Å². The molecule has 0 saturated carbocycles. The van der Waals surface area contributed by atoms with Gasteiger partial charge in [-0.25, -0.2) is 4.39 Å². The number of aliphatic hydroxyl groups is 2. The molecule has 4 nitrogen and oxygen atoms in total. The Kier molecular flexibility index (Phi) is 3.61. The first-order valence-corrected chi connectivity index (χ1v) is 4.33. The van der Waals surface area contributed by atoms with Crippen LogP contribution in [0.3, 0.4) is 0 Å². The lowest BCUT2D eigenvalue weighted by Crippen LogP contribution is -2.17. The van der Waals surface area contributed by atoms with E-state index in [9.17, 15) is 14.6 Å². The third kappa shape index (κ3) is 2.91. The summed E-state index contributed by atoms with van der Waals surface area (Å²) in [7, 11) is 0. The summed E-state index contributed by atoms with van der Waals surface area (Å²) in [6.45, 7) is 0. The zero-order valence-electron chi connectivity index (χ0n) is 7.89. The zero-order valence-corrected chi connectivity index (χ0v) is 7.89. The Morgan fingerprint density at radius 1 is 1.40 bits per heavy atom. The van der Waals surface area contributed by atoms with E-state index in [0.29, 0.717) is 0 Å². The SMILES string of the molecule is N#CCC(O)C(O)c1cc(N)cc(F)c1. The van der Waals surface area contributed by atoms with Gasteiger partial charge in [-0.3, -0.25) is 0 Å². The molecule has 0 saturated heterocycles. The number of rotatable bonds is 3. The standard InChI is InChI=1S/C10H11FN2O2/c11-7-3-6(4-8(13)5-7)10(15)9(14)1-2-12/h3-5,9-10,14-15H,1,13H2. The van der Waals surface area contributed by atoms with Crippen molar-refractivity contribution in [3.05, 3.63) is 29.6 Å². The Hall–Kier alpha value is -1.64. The van der Waals surface area contributed by atoms with Crippen molar-refractivity contribution < 1.29 is 14.6 Å². The molecule has 80 valence electrons. The molecule has 0 radical (unpaired) electrons. The third-order valence-corrected chi connectivity index (χ3v) is 1.95. The predicted molar refractivity (Wildman–Crippen MR) is 52.0 cm³/mol. The smallest absolute Gasteiger partial charge is 0.125 e. The van der Waals surface area contributed by atoms with Crippen LogP contribution in [0.4, 0.5) is 10.1 Å². The van der Waals surface area contributed by atoms with E-state index in [1.165, 1.54) is 6.07 Å². The average molecular weight is 210 g/mol. The van der Waals surface area contributed by atoms with Gasteiger partial charge in [0.25, 0.3) is 0 Å². The predicted octanol–water partition coefficient (Wildman–Crippen LogP) is 0.716. The van der Waals surface area contributed by atoms with Crippen molar-refractivity contribution in [2.75, 3.05) is 5.73 Å². The van der Waals surface area contributed by atoms with Gasteiger partial charge in [-0.05, 0) is 23.8 Å². The van der Waals surface area contributed by atoms with Gasteiger partial charge in [0.1, 0.15) is 11.9 Å². The van der Waals surface area contributed by atoms with Gasteiger partial charge in [0, 0.05) is 5.69 Å². The van der Waals surface area contributed by atoms with Crippen LogP contribution in [0.25, 0.3) is 0 Å². The Labute approximate surface area is 86.4 Å². The molecule has 0 heterocycles. The minimum absolute atomic E-state index is 0.160. The Morgan fingerprint density at radius 2 is 2.07 bits per heavy atom. The average Bonchev–Trinajstić information content (AvgIpc) is 2.15. The number of nitriles is 1. The molecule has 0 aromatic heterocycles. The van der Waals surface area contributed by atoms with E-state index in [1.807, 2.05) is 0 Å². The molecule has 5 heteroatoms. The molecule has 0 aliphatic carbocycles. The van der Waals surface area contributed by atoms with Crippen molar-refractivity contribution in [2.24, 2.45) is 0 Å². The van der Waals surface area contributed by atoms with Gasteiger partial charge in [0.05, 0.1) is 18.6 Å². The summed E-state index contributed by atoms with van der Waals surface area (Å²) in [6, 6.07) is 5.24. The topological polar surface area (TPSA) is 90.3 Å². The van der Waals surface area contributed by atoms with Crippen LogP contribution >= 0.6 is 0 Å². The highest BCUT2D eigenvalue weighted by atomic mass is 19.1. The number of nitrogens with zero attached hydrogens (tertiary/aromatic N) is 1. The van der Waals surface area contributed by atoms with Crippen LogP contribution in [-0.2, 0) is 0 Å². The fraction of sp³-hybridized carbons (Fsp3) is 0.300. The van der Waals surface area contributed by atoms with Crippen molar-refractivity contribution in [1.29, 1.82) is 5.26 Å². The molecule has 1 aromatic carbocycles. The lowest BCUT2D eigenvalue weighted by Gasteiger charge is -2.15. The first-order valence-electron chi connectivity index (χ1n) is 4.33. The van der Waals surface area contributed by atoms with Crippen LogP contribution in [0.15, 0.2) is 18.2 Å². The quantitative estimate of drug-likeness (QED) is 0.641. The molecule has 1 aromatic rings. The highest BCUT2D eigenvalue weighted by Gasteiger charge is 2.18. The molecule has 2 atom stereocenters. The van der Waals surface area contributed by atoms with Crippen molar-refractivity contribution in [1.82, 2.24) is 0 Å². The summed E-state index contributed by atoms with van der Waals surface area (Å²) in [5, 5.41) is 27.2. The monoisotopic (exact) mass is 210 g/mol. The highest BCUT2D eigenvalue weighted by Crippen LogP contribution is 2.22. The fourth-order valence-electron chi connectivity index (χ4n) is 1.23. The number of aliphatic hydroxyl groups excluding tert-OH is 2. The second-order valence-corrected chi connectivity index (χ2v) is 3.19. The Bertz CT molecular complexity index is 369. The summed E-state index contributed by atoms with van der Waals surface area (Å²) < 4.78 is 12.9. The molecule has 1 rings (SSSR count). The van der Waals surface area contributed by atoms with Crippen molar-refractivity contribution in [3.8, 4) is 6.07 Å². The molecule has 0 aliphatic heterocycles. The van der Waals surface area contributed by atoms with Crippen LogP contribution in [0, 0.1) is 17.1 Å². The summed E-state index contributed by atoms with van der Waals surface area (Å²) in [5.41, 5.74) is 5.70. The molecular weight excluding hydrogens is 199 g/mol. The molecular formula is C10H11FN2O2. The number of nitrogens with two attached hydrogens (primary N) is 1. The molecule has 15 heavy (non-hydrogen) atoms. The molecule has 0 amide bonds. The lowest BCUT2D eigenvalue weighted by molar-refractivity contribution is 0.0215. The van der Waals surface area contributed by atoms with Crippen LogP contribution in [0.2, 0.25) is 0 Å². The maximum Gasteiger partial charge on any atom is 0.125 e. The summed E-state index contributed by atoms with van der Waals surface area (Å²) in [5.74, 6) is -0.590. The normalized spacial score (nSPS) is 14.3. The lowest BCUT2D eigenvalue weighted by atomic mass is 10.0. The molecule has 0 bridgehead atoms. The van der Waals surface area contributed by atoms with Gasteiger partial charge in [-0.15, -0.1) is 0 Å². The maximum atomic E-state index is 12.9. The number of benzene rings is 1. The minimum Gasteiger partial charge on any atom is -0.399 e. The molecule has 2 unspecified atom stereocenters. The minimum atomic E-state index is -1.30. The highest BCUT2D eigenvalue weighted by molar-refractivity contribution is 5.42. The second kappa shape index (κ2) is 4.73. The summed E-state index contributed by atoms with van der Waals surface area (Å²) in [6.07, 6.45) is -2.77. The van der Waals surface area contributed by atoms with Gasteiger partial charge in [-0.2, -0.15) is 5.26 Å².